The quantitative estimate of drug-likeness (QED) is 0.0636. The van der Waals surface area contributed by atoms with Gasteiger partial charge in [-0.3, -0.25) is 19.2 Å². The fourth-order valence-corrected chi connectivity index (χ4v) is 4.50. The molecular formula is C30H53N3O12. The summed E-state index contributed by atoms with van der Waals surface area (Å²) >= 11 is 0. The molecule has 3 amide bonds. The Bertz CT molecular complexity index is 905. The van der Waals surface area contributed by atoms with Crippen LogP contribution in [0.15, 0.2) is 0 Å². The second-order valence-corrected chi connectivity index (χ2v) is 11.0. The Hall–Kier alpha value is -2.85. The molecule has 6 N–H and O–H groups in total. The van der Waals surface area contributed by atoms with Gasteiger partial charge in [0.15, 0.2) is 6.29 Å². The molecule has 1 heterocycles. The van der Waals surface area contributed by atoms with Crippen LogP contribution in [0.3, 0.4) is 0 Å². The maximum Gasteiger partial charge on any atom is 0.329 e. The normalized spacial score (nSPS) is 21.8. The van der Waals surface area contributed by atoms with Crippen molar-refractivity contribution >= 4 is 29.7 Å². The van der Waals surface area contributed by atoms with Crippen molar-refractivity contribution in [2.45, 2.75) is 128 Å². The van der Waals surface area contributed by atoms with E-state index in [1.165, 1.54) is 6.92 Å². The van der Waals surface area contributed by atoms with Gasteiger partial charge >= 0.3 is 11.9 Å². The van der Waals surface area contributed by atoms with E-state index in [0.717, 1.165) is 38.5 Å². The number of hydrogen-bond donors (Lipinski definition) is 6. The lowest BCUT2D eigenvalue weighted by Gasteiger charge is -2.42. The van der Waals surface area contributed by atoms with Crippen LogP contribution in [0.25, 0.3) is 0 Å². The van der Waals surface area contributed by atoms with Gasteiger partial charge in [0, 0.05) is 26.3 Å². The summed E-state index contributed by atoms with van der Waals surface area (Å²) < 4.78 is 21.5. The zero-order valence-corrected chi connectivity index (χ0v) is 26.8. The molecule has 0 radical (unpaired) electrons. The van der Waals surface area contributed by atoms with Crippen LogP contribution < -0.4 is 16.0 Å². The molecule has 15 nitrogen and oxygen atoms in total. The molecule has 0 aliphatic carbocycles. The zero-order chi connectivity index (χ0) is 33.6. The Morgan fingerprint density at radius 2 is 1.44 bits per heavy atom. The van der Waals surface area contributed by atoms with Crippen LogP contribution in [0.2, 0.25) is 0 Å². The molecule has 0 bridgehead atoms. The lowest BCUT2D eigenvalue weighted by atomic mass is 9.97. The number of amides is 3. The summed E-state index contributed by atoms with van der Waals surface area (Å²) in [6.07, 6.45) is 1.11. The summed E-state index contributed by atoms with van der Waals surface area (Å²) in [6, 6.07) is -2.36. The summed E-state index contributed by atoms with van der Waals surface area (Å²) in [5.41, 5.74) is 0. The number of esters is 2. The van der Waals surface area contributed by atoms with Gasteiger partial charge in [0.05, 0.1) is 32.8 Å². The number of ether oxygens (including phenoxy) is 4. The second kappa shape index (κ2) is 23.5. The first-order valence-corrected chi connectivity index (χ1v) is 15.9. The Balaban J connectivity index is 2.54. The minimum absolute atomic E-state index is 0.0212. The second-order valence-electron chi connectivity index (χ2n) is 11.0. The molecule has 0 aromatic carbocycles. The van der Waals surface area contributed by atoms with E-state index < -0.39 is 73.0 Å². The van der Waals surface area contributed by atoms with E-state index in [1.54, 1.807) is 0 Å². The first kappa shape index (κ1) is 40.2. The third-order valence-corrected chi connectivity index (χ3v) is 7.03. The summed E-state index contributed by atoms with van der Waals surface area (Å²) in [5, 5.41) is 37.2. The summed E-state index contributed by atoms with van der Waals surface area (Å²) in [5.74, 6) is -3.00. The molecule has 1 aliphatic rings. The van der Waals surface area contributed by atoms with Gasteiger partial charge < -0.3 is 50.2 Å². The molecule has 1 saturated heterocycles. The predicted octanol–water partition coefficient (Wildman–Crippen LogP) is -0.0350. The molecule has 0 aromatic heterocycles. The van der Waals surface area contributed by atoms with Crippen LogP contribution in [-0.2, 0) is 42.9 Å². The van der Waals surface area contributed by atoms with Crippen molar-refractivity contribution in [3.8, 4) is 0 Å². The average Bonchev–Trinajstić information content (AvgIpc) is 3.00. The molecule has 6 atom stereocenters. The fourth-order valence-electron chi connectivity index (χ4n) is 4.50. The lowest BCUT2D eigenvalue weighted by molar-refractivity contribution is -0.269. The van der Waals surface area contributed by atoms with E-state index in [1.807, 2.05) is 0 Å². The highest BCUT2D eigenvalue weighted by Gasteiger charge is 2.45. The van der Waals surface area contributed by atoms with Gasteiger partial charge in [0.25, 0.3) is 0 Å². The minimum Gasteiger partial charge on any atom is -0.466 e. The number of aliphatic hydroxyl groups is 3. The van der Waals surface area contributed by atoms with Crippen molar-refractivity contribution in [1.29, 1.82) is 0 Å². The molecule has 0 spiro atoms. The van der Waals surface area contributed by atoms with E-state index in [0.29, 0.717) is 12.8 Å². The molecule has 0 aromatic rings. The zero-order valence-electron chi connectivity index (χ0n) is 26.8. The molecule has 1 rings (SSSR count). The summed E-state index contributed by atoms with van der Waals surface area (Å²) in [6.45, 7) is 4.99. The first-order valence-electron chi connectivity index (χ1n) is 15.9. The van der Waals surface area contributed by atoms with Crippen molar-refractivity contribution in [3.05, 3.63) is 0 Å². The van der Waals surface area contributed by atoms with E-state index in [9.17, 15) is 39.3 Å². The SMILES string of the molecule is CCCCCCOC(=O)C[C@H](NC(=O)CCC(=O)NCCO[C@@H]1O[C@H](CO)[C@H](O)[C@H](O)[C@H]1NC(C)=O)C(=O)OCCCCCC. The van der Waals surface area contributed by atoms with Crippen LogP contribution in [0, 0.1) is 0 Å². The topological polar surface area (TPSA) is 219 Å². The van der Waals surface area contributed by atoms with Crippen molar-refractivity contribution in [2.75, 3.05) is 33.0 Å². The number of hydrogen-bond acceptors (Lipinski definition) is 12. The molecule has 0 unspecified atom stereocenters. The van der Waals surface area contributed by atoms with Gasteiger partial charge in [-0.25, -0.2) is 4.79 Å². The van der Waals surface area contributed by atoms with Gasteiger partial charge in [0.2, 0.25) is 17.7 Å². The fraction of sp³-hybridized carbons (Fsp3) is 0.833. The van der Waals surface area contributed by atoms with E-state index in [2.05, 4.69) is 29.8 Å². The molecule has 1 aliphatic heterocycles. The highest BCUT2D eigenvalue weighted by Crippen LogP contribution is 2.22. The number of rotatable bonds is 23. The lowest BCUT2D eigenvalue weighted by Crippen LogP contribution is -2.64. The number of aliphatic hydroxyl groups excluding tert-OH is 3. The molecule has 15 heteroatoms. The van der Waals surface area contributed by atoms with Crippen LogP contribution in [0.5, 0.6) is 0 Å². The highest BCUT2D eigenvalue weighted by molar-refractivity contribution is 5.89. The van der Waals surface area contributed by atoms with Gasteiger partial charge in [-0.15, -0.1) is 0 Å². The summed E-state index contributed by atoms with van der Waals surface area (Å²) in [4.78, 5) is 61.4. The number of carbonyl (C=O) groups excluding carboxylic acids is 5. The van der Waals surface area contributed by atoms with Crippen molar-refractivity contribution in [1.82, 2.24) is 16.0 Å². The minimum atomic E-state index is -1.47. The van der Waals surface area contributed by atoms with E-state index in [-0.39, 0.29) is 45.6 Å². The predicted molar refractivity (Wildman–Crippen MR) is 160 cm³/mol. The van der Waals surface area contributed by atoms with Crippen LogP contribution in [0.1, 0.15) is 91.4 Å². The molecule has 45 heavy (non-hydrogen) atoms. The third kappa shape index (κ3) is 16.9. The van der Waals surface area contributed by atoms with Crippen LogP contribution >= 0.6 is 0 Å². The maximum atomic E-state index is 12.7. The van der Waals surface area contributed by atoms with Crippen LogP contribution in [0.4, 0.5) is 0 Å². The smallest absolute Gasteiger partial charge is 0.329 e. The third-order valence-electron chi connectivity index (χ3n) is 7.03. The molecule has 0 saturated carbocycles. The molecule has 1 fully saturated rings. The van der Waals surface area contributed by atoms with E-state index >= 15 is 0 Å². The monoisotopic (exact) mass is 647 g/mol. The standard InChI is InChI=1S/C30H53N3O12/c1-4-6-8-10-15-42-25(38)18-21(29(41)43-16-11-9-7-5-2)33-24(37)13-12-23(36)31-14-17-44-30-26(32-20(3)35)28(40)27(39)22(19-34)45-30/h21-22,26-28,30,34,39-40H,4-19H2,1-3H3,(H,31,36)(H,32,35)(H,33,37)/t21-,22+,26+,27-,28+,30+/m0/s1. The highest BCUT2D eigenvalue weighted by atomic mass is 16.7. The van der Waals surface area contributed by atoms with E-state index in [4.69, 9.17) is 18.9 Å². The van der Waals surface area contributed by atoms with Gasteiger partial charge in [-0.1, -0.05) is 52.4 Å². The number of nitrogens with one attached hydrogen (secondary N) is 3. The van der Waals surface area contributed by atoms with Crippen molar-refractivity contribution in [2.24, 2.45) is 0 Å². The Morgan fingerprint density at radius 1 is 0.822 bits per heavy atom. The largest absolute Gasteiger partial charge is 0.466 e. The molecule has 260 valence electrons. The first-order chi connectivity index (χ1) is 21.5. The van der Waals surface area contributed by atoms with Crippen molar-refractivity contribution < 1.29 is 58.2 Å². The van der Waals surface area contributed by atoms with Crippen LogP contribution in [-0.4, -0.2) is 115 Å². The number of carbonyl (C=O) groups is 5. The Morgan fingerprint density at radius 3 is 2.04 bits per heavy atom. The Labute approximate surface area is 265 Å². The van der Waals surface area contributed by atoms with Gasteiger partial charge in [-0.2, -0.15) is 0 Å². The summed E-state index contributed by atoms with van der Waals surface area (Å²) in [7, 11) is 0. The van der Waals surface area contributed by atoms with Crippen molar-refractivity contribution in [3.63, 3.8) is 0 Å². The average molecular weight is 648 g/mol. The molecular weight excluding hydrogens is 594 g/mol. The van der Waals surface area contributed by atoms with Gasteiger partial charge in [0.1, 0.15) is 30.4 Å². The number of unbranched alkanes of at least 4 members (excludes halogenated alkanes) is 6. The maximum absolute atomic E-state index is 12.7. The Kier molecular flexibility index (Phi) is 21.0. The van der Waals surface area contributed by atoms with Gasteiger partial charge in [-0.05, 0) is 12.8 Å².